The van der Waals surface area contributed by atoms with Gasteiger partial charge in [-0.1, -0.05) is 11.8 Å². The summed E-state index contributed by atoms with van der Waals surface area (Å²) < 4.78 is 0. The molecule has 0 aliphatic carbocycles. The zero-order valence-electron chi connectivity index (χ0n) is 14.9. The van der Waals surface area contributed by atoms with Gasteiger partial charge in [-0.05, 0) is 61.2 Å². The van der Waals surface area contributed by atoms with Crippen LogP contribution in [0, 0.1) is 6.92 Å². The van der Waals surface area contributed by atoms with Gasteiger partial charge in [-0.15, -0.1) is 11.3 Å². The maximum atomic E-state index is 12.9. The number of hydrogen-bond acceptors (Lipinski definition) is 5. The number of pyridine rings is 1. The van der Waals surface area contributed by atoms with Crippen molar-refractivity contribution in [3.05, 3.63) is 64.0 Å². The lowest BCUT2D eigenvalue weighted by atomic mass is 10.2. The first-order chi connectivity index (χ1) is 13.1. The number of fused-ring (bicyclic) bond motifs is 2. The summed E-state index contributed by atoms with van der Waals surface area (Å²) in [6.45, 7) is 4.43. The minimum absolute atomic E-state index is 0.0576. The summed E-state index contributed by atoms with van der Waals surface area (Å²) in [6, 6.07) is 11.1. The molecular weight excluding hydrogens is 378 g/mol. The smallest absolute Gasteiger partial charge is 0.265 e. The normalized spacial score (nSPS) is 13.0. The third-order valence-electron chi connectivity index (χ3n) is 4.35. The largest absolute Gasteiger partial charge is 0.321 e. The van der Waals surface area contributed by atoms with Crippen LogP contribution in [0.3, 0.4) is 0 Å². The van der Waals surface area contributed by atoms with Crippen molar-refractivity contribution in [3.8, 4) is 0 Å². The van der Waals surface area contributed by atoms with Gasteiger partial charge in [0, 0.05) is 23.3 Å². The zero-order chi connectivity index (χ0) is 19.0. The van der Waals surface area contributed by atoms with E-state index in [9.17, 15) is 9.59 Å². The summed E-state index contributed by atoms with van der Waals surface area (Å²) in [7, 11) is 0. The van der Waals surface area contributed by atoms with E-state index in [2.05, 4.69) is 10.3 Å². The number of anilines is 2. The lowest BCUT2D eigenvalue weighted by Crippen LogP contribution is -2.30. The van der Waals surface area contributed by atoms with E-state index in [1.807, 2.05) is 43.5 Å². The Balaban J connectivity index is 1.71. The third kappa shape index (κ3) is 3.24. The molecular formula is C20H17N3O2S2. The minimum Gasteiger partial charge on any atom is -0.321 e. The number of rotatable bonds is 3. The third-order valence-corrected chi connectivity index (χ3v) is 6.43. The first kappa shape index (κ1) is 17.8. The molecule has 2 amide bonds. The molecule has 0 saturated carbocycles. The van der Waals surface area contributed by atoms with Crippen molar-refractivity contribution in [2.24, 2.45) is 0 Å². The highest BCUT2D eigenvalue weighted by molar-refractivity contribution is 7.99. The van der Waals surface area contributed by atoms with E-state index in [1.54, 1.807) is 23.2 Å². The SMILES string of the molecule is CCN1C(=O)c2cccnc2Sc2cc(NC(=O)c3sccc3C)ccc21. The molecule has 3 aromatic rings. The van der Waals surface area contributed by atoms with Gasteiger partial charge in [-0.2, -0.15) is 0 Å². The van der Waals surface area contributed by atoms with Gasteiger partial charge in [0.25, 0.3) is 11.8 Å². The Labute approximate surface area is 165 Å². The summed E-state index contributed by atoms with van der Waals surface area (Å²) in [4.78, 5) is 33.1. The van der Waals surface area contributed by atoms with Crippen LogP contribution in [-0.2, 0) is 0 Å². The van der Waals surface area contributed by atoms with Crippen LogP contribution in [0.4, 0.5) is 11.4 Å². The Hall–Kier alpha value is -2.64. The highest BCUT2D eigenvalue weighted by atomic mass is 32.2. The lowest BCUT2D eigenvalue weighted by Gasteiger charge is -2.21. The van der Waals surface area contributed by atoms with Crippen molar-refractivity contribution in [1.29, 1.82) is 0 Å². The fraction of sp³-hybridized carbons (Fsp3) is 0.150. The van der Waals surface area contributed by atoms with Crippen LogP contribution in [0.15, 0.2) is 57.9 Å². The molecule has 4 rings (SSSR count). The summed E-state index contributed by atoms with van der Waals surface area (Å²) in [5.74, 6) is -0.180. The van der Waals surface area contributed by atoms with Gasteiger partial charge in [0.05, 0.1) is 16.1 Å². The second kappa shape index (κ2) is 7.17. The predicted octanol–water partition coefficient (Wildman–Crippen LogP) is 4.84. The van der Waals surface area contributed by atoms with E-state index in [0.29, 0.717) is 27.7 Å². The number of amides is 2. The van der Waals surface area contributed by atoms with Crippen LogP contribution in [0.25, 0.3) is 0 Å². The van der Waals surface area contributed by atoms with Crippen molar-refractivity contribution < 1.29 is 9.59 Å². The Morgan fingerprint density at radius 2 is 2.11 bits per heavy atom. The highest BCUT2D eigenvalue weighted by Gasteiger charge is 2.27. The quantitative estimate of drug-likeness (QED) is 0.690. The van der Waals surface area contributed by atoms with E-state index >= 15 is 0 Å². The fourth-order valence-corrected chi connectivity index (χ4v) is 4.87. The number of hydrogen-bond donors (Lipinski definition) is 1. The maximum absolute atomic E-state index is 12.9. The summed E-state index contributed by atoms with van der Waals surface area (Å²) in [6.07, 6.45) is 1.69. The van der Waals surface area contributed by atoms with Crippen molar-refractivity contribution in [3.63, 3.8) is 0 Å². The molecule has 1 aliphatic heterocycles. The first-order valence-corrected chi connectivity index (χ1v) is 10.2. The van der Waals surface area contributed by atoms with Gasteiger partial charge < -0.3 is 10.2 Å². The van der Waals surface area contributed by atoms with E-state index < -0.39 is 0 Å². The van der Waals surface area contributed by atoms with Crippen LogP contribution in [0.5, 0.6) is 0 Å². The zero-order valence-corrected chi connectivity index (χ0v) is 16.5. The van der Waals surface area contributed by atoms with Crippen molar-refractivity contribution >= 4 is 46.3 Å². The van der Waals surface area contributed by atoms with Crippen LogP contribution in [0.2, 0.25) is 0 Å². The second-order valence-electron chi connectivity index (χ2n) is 6.08. The van der Waals surface area contributed by atoms with Crippen LogP contribution >= 0.6 is 23.1 Å². The minimum atomic E-state index is -0.122. The van der Waals surface area contributed by atoms with E-state index in [-0.39, 0.29) is 11.8 Å². The molecule has 0 unspecified atom stereocenters. The van der Waals surface area contributed by atoms with Crippen LogP contribution in [-0.4, -0.2) is 23.3 Å². The number of benzene rings is 1. The van der Waals surface area contributed by atoms with Gasteiger partial charge in [-0.25, -0.2) is 4.98 Å². The van der Waals surface area contributed by atoms with Crippen LogP contribution < -0.4 is 10.2 Å². The summed E-state index contributed by atoms with van der Waals surface area (Å²) in [5, 5.41) is 5.54. The molecule has 0 atom stereocenters. The number of nitrogens with zero attached hydrogens (tertiary/aromatic N) is 2. The Morgan fingerprint density at radius 3 is 2.85 bits per heavy atom. The summed E-state index contributed by atoms with van der Waals surface area (Å²) in [5.41, 5.74) is 3.08. The Bertz CT molecular complexity index is 1050. The molecule has 7 heteroatoms. The topological polar surface area (TPSA) is 62.3 Å². The van der Waals surface area contributed by atoms with Gasteiger partial charge in [0.15, 0.2) is 0 Å². The Kier molecular flexibility index (Phi) is 4.72. The van der Waals surface area contributed by atoms with Gasteiger partial charge in [0.2, 0.25) is 0 Å². The number of aromatic nitrogens is 1. The molecule has 2 aromatic heterocycles. The number of carbonyl (C=O) groups is 2. The molecule has 5 nitrogen and oxygen atoms in total. The standard InChI is InChI=1S/C20H17N3O2S2/c1-3-23-15-7-6-13(22-18(24)17-12(2)8-10-26-17)11-16(15)27-19-14(20(23)25)5-4-9-21-19/h4-11H,3H2,1-2H3,(H,22,24). The van der Waals surface area contributed by atoms with Crippen molar-refractivity contribution in [2.75, 3.05) is 16.8 Å². The monoisotopic (exact) mass is 395 g/mol. The molecule has 27 heavy (non-hydrogen) atoms. The second-order valence-corrected chi connectivity index (χ2v) is 8.02. The predicted molar refractivity (Wildman–Crippen MR) is 109 cm³/mol. The van der Waals surface area contributed by atoms with Gasteiger partial charge in [0.1, 0.15) is 5.03 Å². The molecule has 0 bridgehead atoms. The van der Waals surface area contributed by atoms with E-state index in [1.165, 1.54) is 23.1 Å². The molecule has 0 radical (unpaired) electrons. The van der Waals surface area contributed by atoms with Crippen molar-refractivity contribution in [2.45, 2.75) is 23.8 Å². The highest BCUT2D eigenvalue weighted by Crippen LogP contribution is 2.41. The molecule has 1 N–H and O–H groups in total. The average Bonchev–Trinajstić information content (AvgIpc) is 3.05. The molecule has 0 fully saturated rings. The van der Waals surface area contributed by atoms with E-state index in [0.717, 1.165) is 16.1 Å². The first-order valence-electron chi connectivity index (χ1n) is 8.52. The number of thiophene rings is 1. The fourth-order valence-electron chi connectivity index (χ4n) is 3.00. The maximum Gasteiger partial charge on any atom is 0.265 e. The molecule has 0 saturated heterocycles. The number of carbonyl (C=O) groups excluding carboxylic acids is 2. The molecule has 0 spiro atoms. The van der Waals surface area contributed by atoms with Gasteiger partial charge in [-0.3, -0.25) is 9.59 Å². The van der Waals surface area contributed by atoms with E-state index in [4.69, 9.17) is 0 Å². The molecule has 1 aromatic carbocycles. The molecule has 1 aliphatic rings. The number of aryl methyl sites for hydroxylation is 1. The summed E-state index contributed by atoms with van der Waals surface area (Å²) >= 11 is 2.87. The Morgan fingerprint density at radius 1 is 1.26 bits per heavy atom. The van der Waals surface area contributed by atoms with Crippen LogP contribution in [0.1, 0.15) is 32.5 Å². The lowest BCUT2D eigenvalue weighted by molar-refractivity contribution is 0.0983. The average molecular weight is 396 g/mol. The van der Waals surface area contributed by atoms with Crippen molar-refractivity contribution in [1.82, 2.24) is 4.98 Å². The van der Waals surface area contributed by atoms with Gasteiger partial charge >= 0.3 is 0 Å². The molecule has 136 valence electrons. The number of nitrogens with one attached hydrogen (secondary N) is 1. The molecule has 3 heterocycles.